The molecule has 3 rings (SSSR count). The van der Waals surface area contributed by atoms with E-state index in [0.29, 0.717) is 25.7 Å². The standard InChI is InChI=1S/C23H37N3O3/c1-3-17-29-23-20(9-8-10-21(23)28-4-2)18-24-13-15-25(16-14-24)19-22(27)26-11-6-5-7-12-26/h8-10H,3-7,11-19H2,1-2H3. The molecule has 2 fully saturated rings. The summed E-state index contributed by atoms with van der Waals surface area (Å²) in [6.45, 7) is 12.6. The third-order valence-corrected chi connectivity index (χ3v) is 5.74. The van der Waals surface area contributed by atoms with Crippen molar-refractivity contribution in [3.05, 3.63) is 23.8 Å². The highest BCUT2D eigenvalue weighted by molar-refractivity contribution is 5.78. The lowest BCUT2D eigenvalue weighted by atomic mass is 10.1. The fourth-order valence-electron chi connectivity index (χ4n) is 4.10. The first kappa shape index (κ1) is 21.9. The molecule has 29 heavy (non-hydrogen) atoms. The summed E-state index contributed by atoms with van der Waals surface area (Å²) in [6, 6.07) is 6.18. The molecule has 0 aromatic heterocycles. The summed E-state index contributed by atoms with van der Waals surface area (Å²) in [5.74, 6) is 2.03. The number of para-hydroxylation sites is 1. The molecule has 0 atom stereocenters. The summed E-state index contributed by atoms with van der Waals surface area (Å²) in [4.78, 5) is 19.3. The third kappa shape index (κ3) is 6.34. The molecule has 0 N–H and O–H groups in total. The van der Waals surface area contributed by atoms with Crippen molar-refractivity contribution in [2.75, 3.05) is 59.0 Å². The van der Waals surface area contributed by atoms with Crippen molar-refractivity contribution >= 4 is 5.91 Å². The number of benzene rings is 1. The Morgan fingerprint density at radius 2 is 1.66 bits per heavy atom. The van der Waals surface area contributed by atoms with Gasteiger partial charge in [0.25, 0.3) is 0 Å². The average Bonchev–Trinajstić information content (AvgIpc) is 2.75. The van der Waals surface area contributed by atoms with Gasteiger partial charge in [-0.15, -0.1) is 0 Å². The summed E-state index contributed by atoms with van der Waals surface area (Å²) < 4.78 is 11.8. The largest absolute Gasteiger partial charge is 0.490 e. The minimum atomic E-state index is 0.304. The quantitative estimate of drug-likeness (QED) is 0.634. The van der Waals surface area contributed by atoms with Crippen molar-refractivity contribution in [3.63, 3.8) is 0 Å². The lowest BCUT2D eigenvalue weighted by Crippen LogP contribution is -2.50. The van der Waals surface area contributed by atoms with Crippen molar-refractivity contribution < 1.29 is 14.3 Å². The van der Waals surface area contributed by atoms with Gasteiger partial charge in [-0.25, -0.2) is 0 Å². The molecule has 2 aliphatic rings. The molecule has 0 aliphatic carbocycles. The topological polar surface area (TPSA) is 45.2 Å². The molecule has 2 heterocycles. The molecule has 0 saturated carbocycles. The van der Waals surface area contributed by atoms with Gasteiger partial charge in [-0.3, -0.25) is 14.6 Å². The highest BCUT2D eigenvalue weighted by Crippen LogP contribution is 2.32. The molecule has 0 spiro atoms. The van der Waals surface area contributed by atoms with Gasteiger partial charge in [-0.1, -0.05) is 19.1 Å². The first-order valence-corrected chi connectivity index (χ1v) is 11.3. The minimum absolute atomic E-state index is 0.304. The fourth-order valence-corrected chi connectivity index (χ4v) is 4.10. The minimum Gasteiger partial charge on any atom is -0.490 e. The first-order chi connectivity index (χ1) is 14.2. The highest BCUT2D eigenvalue weighted by Gasteiger charge is 2.23. The molecule has 0 radical (unpaired) electrons. The number of likely N-dealkylation sites (tertiary alicyclic amines) is 1. The number of carbonyl (C=O) groups excluding carboxylic acids is 1. The lowest BCUT2D eigenvalue weighted by molar-refractivity contribution is -0.133. The van der Waals surface area contributed by atoms with Crippen LogP contribution in [-0.2, 0) is 11.3 Å². The summed E-state index contributed by atoms with van der Waals surface area (Å²) in [6.07, 6.45) is 4.55. The molecular formula is C23H37N3O3. The van der Waals surface area contributed by atoms with Gasteiger partial charge in [0.1, 0.15) is 0 Å². The van der Waals surface area contributed by atoms with Gasteiger partial charge in [0.15, 0.2) is 11.5 Å². The van der Waals surface area contributed by atoms with E-state index in [1.54, 1.807) is 0 Å². The first-order valence-electron chi connectivity index (χ1n) is 11.3. The summed E-state index contributed by atoms with van der Waals surface area (Å²) in [7, 11) is 0. The molecule has 1 aromatic rings. The Labute approximate surface area is 175 Å². The molecule has 2 saturated heterocycles. The predicted molar refractivity (Wildman–Crippen MR) is 116 cm³/mol. The van der Waals surface area contributed by atoms with Crippen molar-refractivity contribution in [1.82, 2.24) is 14.7 Å². The monoisotopic (exact) mass is 403 g/mol. The summed E-state index contributed by atoms with van der Waals surface area (Å²) in [5, 5.41) is 0. The van der Waals surface area contributed by atoms with Gasteiger partial charge in [0, 0.05) is 51.4 Å². The lowest BCUT2D eigenvalue weighted by Gasteiger charge is -2.36. The maximum absolute atomic E-state index is 12.5. The number of piperazine rings is 1. The van der Waals surface area contributed by atoms with Crippen LogP contribution in [0, 0.1) is 0 Å². The van der Waals surface area contributed by atoms with E-state index in [4.69, 9.17) is 9.47 Å². The van der Waals surface area contributed by atoms with Crippen molar-refractivity contribution in [2.24, 2.45) is 0 Å². The van der Waals surface area contributed by atoms with Crippen LogP contribution in [0.25, 0.3) is 0 Å². The number of ether oxygens (including phenoxy) is 2. The second-order valence-electron chi connectivity index (χ2n) is 8.02. The molecule has 0 bridgehead atoms. The van der Waals surface area contributed by atoms with E-state index < -0.39 is 0 Å². The van der Waals surface area contributed by atoms with E-state index in [-0.39, 0.29) is 0 Å². The van der Waals surface area contributed by atoms with Crippen LogP contribution in [0.5, 0.6) is 11.5 Å². The van der Waals surface area contributed by atoms with Crippen LogP contribution in [0.1, 0.15) is 45.1 Å². The zero-order valence-electron chi connectivity index (χ0n) is 18.2. The van der Waals surface area contributed by atoms with Gasteiger partial charge in [-0.05, 0) is 38.7 Å². The molecule has 2 aliphatic heterocycles. The van der Waals surface area contributed by atoms with Crippen LogP contribution in [0.2, 0.25) is 0 Å². The number of nitrogens with zero attached hydrogens (tertiary/aromatic N) is 3. The molecular weight excluding hydrogens is 366 g/mol. The zero-order chi connectivity index (χ0) is 20.5. The van der Waals surface area contributed by atoms with Crippen molar-refractivity contribution in [1.29, 1.82) is 0 Å². The smallest absolute Gasteiger partial charge is 0.236 e. The second kappa shape index (κ2) is 11.4. The molecule has 0 unspecified atom stereocenters. The number of piperidine rings is 1. The van der Waals surface area contributed by atoms with Crippen LogP contribution in [0.15, 0.2) is 18.2 Å². The zero-order valence-corrected chi connectivity index (χ0v) is 18.2. The van der Waals surface area contributed by atoms with Crippen LogP contribution in [0.4, 0.5) is 0 Å². The Bertz CT molecular complexity index is 638. The Hall–Kier alpha value is -1.79. The second-order valence-corrected chi connectivity index (χ2v) is 8.02. The van der Waals surface area contributed by atoms with Gasteiger partial charge < -0.3 is 14.4 Å². The highest BCUT2D eigenvalue weighted by atomic mass is 16.5. The predicted octanol–water partition coefficient (Wildman–Crippen LogP) is 3.00. The van der Waals surface area contributed by atoms with Crippen molar-refractivity contribution in [2.45, 2.75) is 46.1 Å². The third-order valence-electron chi connectivity index (χ3n) is 5.74. The van der Waals surface area contributed by atoms with Gasteiger partial charge >= 0.3 is 0 Å². The van der Waals surface area contributed by atoms with Crippen LogP contribution >= 0.6 is 0 Å². The van der Waals surface area contributed by atoms with E-state index in [0.717, 1.165) is 76.6 Å². The maximum Gasteiger partial charge on any atom is 0.236 e. The van der Waals surface area contributed by atoms with E-state index in [1.807, 2.05) is 24.0 Å². The van der Waals surface area contributed by atoms with Gasteiger partial charge in [-0.2, -0.15) is 0 Å². The number of carbonyl (C=O) groups is 1. The summed E-state index contributed by atoms with van der Waals surface area (Å²) >= 11 is 0. The van der Waals surface area contributed by atoms with Crippen LogP contribution in [-0.4, -0.2) is 79.6 Å². The van der Waals surface area contributed by atoms with Gasteiger partial charge in [0.2, 0.25) is 5.91 Å². The number of amides is 1. The average molecular weight is 404 g/mol. The number of hydrogen-bond donors (Lipinski definition) is 0. The molecule has 6 heteroatoms. The normalized spacial score (nSPS) is 18.6. The Balaban J connectivity index is 1.52. The van der Waals surface area contributed by atoms with E-state index in [9.17, 15) is 4.79 Å². The summed E-state index contributed by atoms with van der Waals surface area (Å²) in [5.41, 5.74) is 1.18. The van der Waals surface area contributed by atoms with Crippen LogP contribution in [0.3, 0.4) is 0 Å². The molecule has 1 aromatic carbocycles. The van der Waals surface area contributed by atoms with Gasteiger partial charge in [0.05, 0.1) is 19.8 Å². The number of hydrogen-bond acceptors (Lipinski definition) is 5. The Morgan fingerprint density at radius 3 is 2.34 bits per heavy atom. The Morgan fingerprint density at radius 1 is 0.931 bits per heavy atom. The molecule has 162 valence electrons. The Kier molecular flexibility index (Phi) is 8.62. The van der Waals surface area contributed by atoms with Crippen LogP contribution < -0.4 is 9.47 Å². The number of rotatable bonds is 9. The maximum atomic E-state index is 12.5. The van der Waals surface area contributed by atoms with E-state index in [2.05, 4.69) is 22.8 Å². The molecule has 6 nitrogen and oxygen atoms in total. The van der Waals surface area contributed by atoms with Crippen molar-refractivity contribution in [3.8, 4) is 11.5 Å². The SMILES string of the molecule is CCCOc1c(CN2CCN(CC(=O)N3CCCCC3)CC2)cccc1OCC. The fraction of sp³-hybridized carbons (Fsp3) is 0.696. The molecule has 1 amide bonds. The van der Waals surface area contributed by atoms with E-state index in [1.165, 1.54) is 12.0 Å². The van der Waals surface area contributed by atoms with E-state index >= 15 is 0 Å².